The molecule has 0 bridgehead atoms. The van der Waals surface area contributed by atoms with Crippen molar-refractivity contribution in [2.24, 2.45) is 0 Å². The number of aromatic nitrogens is 2. The summed E-state index contributed by atoms with van der Waals surface area (Å²) in [6, 6.07) is 0. The fourth-order valence-electron chi connectivity index (χ4n) is 1.14. The minimum absolute atomic E-state index is 0.996. The molecule has 0 aliphatic heterocycles. The summed E-state index contributed by atoms with van der Waals surface area (Å²) in [7, 11) is 0. The Morgan fingerprint density at radius 3 is 2.57 bits per heavy atom. The van der Waals surface area contributed by atoms with Gasteiger partial charge in [-0.25, -0.2) is 9.97 Å². The third-order valence-corrected chi connectivity index (χ3v) is 4.08. The molecule has 0 unspecified atom stereocenters. The summed E-state index contributed by atoms with van der Waals surface area (Å²) in [4.78, 5) is 9.99. The van der Waals surface area contributed by atoms with Crippen molar-refractivity contribution in [1.82, 2.24) is 9.97 Å². The first-order valence-electron chi connectivity index (χ1n) is 4.23. The molecule has 14 heavy (non-hydrogen) atoms. The van der Waals surface area contributed by atoms with E-state index in [9.17, 15) is 0 Å². The molecule has 0 radical (unpaired) electrons. The van der Waals surface area contributed by atoms with Gasteiger partial charge in [-0.3, -0.25) is 0 Å². The summed E-state index contributed by atoms with van der Waals surface area (Å²) in [5.41, 5.74) is 2.09. The van der Waals surface area contributed by atoms with E-state index >= 15 is 0 Å². The summed E-state index contributed by atoms with van der Waals surface area (Å²) in [6.07, 6.45) is 1.84. The smallest absolute Gasteiger partial charge is 0.153 e. The Morgan fingerprint density at radius 1 is 1.29 bits per heavy atom. The second-order valence-corrected chi connectivity index (χ2v) is 4.86. The van der Waals surface area contributed by atoms with Crippen molar-refractivity contribution < 1.29 is 0 Å². The first kappa shape index (κ1) is 9.55. The van der Waals surface area contributed by atoms with Gasteiger partial charge in [0.15, 0.2) is 10.0 Å². The van der Waals surface area contributed by atoms with Gasteiger partial charge in [-0.1, -0.05) is 12.7 Å². The first-order chi connectivity index (χ1) is 6.70. The Balaban J connectivity index is 2.47. The molecule has 0 aliphatic carbocycles. The van der Waals surface area contributed by atoms with Crippen molar-refractivity contribution in [3.8, 4) is 10.0 Å². The molecule has 0 amide bonds. The van der Waals surface area contributed by atoms with Crippen molar-refractivity contribution >= 4 is 28.7 Å². The van der Waals surface area contributed by atoms with E-state index < -0.39 is 0 Å². The lowest BCUT2D eigenvalue weighted by atomic mass is 10.4. The maximum absolute atomic E-state index is 4.46. The minimum Gasteiger partial charge on any atom is -0.239 e. The van der Waals surface area contributed by atoms with Gasteiger partial charge in [-0.15, -0.1) is 22.7 Å². The number of nitrogens with zero attached hydrogens (tertiary/aromatic N) is 2. The normalized spacial score (nSPS) is 10.4. The van der Waals surface area contributed by atoms with Crippen LogP contribution in [-0.2, 0) is 0 Å². The predicted molar refractivity (Wildman–Crippen MR) is 62.8 cm³/mol. The molecule has 0 aliphatic rings. The van der Waals surface area contributed by atoms with Crippen molar-refractivity contribution in [2.45, 2.75) is 13.8 Å². The van der Waals surface area contributed by atoms with E-state index in [0.29, 0.717) is 0 Å². The van der Waals surface area contributed by atoms with Crippen molar-refractivity contribution in [1.29, 1.82) is 0 Å². The van der Waals surface area contributed by atoms with Gasteiger partial charge in [0.05, 0.1) is 5.69 Å². The summed E-state index contributed by atoms with van der Waals surface area (Å²) >= 11 is 3.28. The van der Waals surface area contributed by atoms with Crippen LogP contribution in [0.2, 0.25) is 0 Å². The van der Waals surface area contributed by atoms with Gasteiger partial charge < -0.3 is 0 Å². The SMILES string of the molecule is C=Cc1sc(-c2nc(C)cs2)nc1C. The average molecular weight is 222 g/mol. The second kappa shape index (κ2) is 3.63. The lowest BCUT2D eigenvalue weighted by Gasteiger charge is -1.84. The lowest BCUT2D eigenvalue weighted by molar-refractivity contribution is 1.22. The van der Waals surface area contributed by atoms with E-state index in [-0.39, 0.29) is 0 Å². The number of aryl methyl sites for hydroxylation is 2. The highest BCUT2D eigenvalue weighted by molar-refractivity contribution is 7.21. The maximum Gasteiger partial charge on any atom is 0.153 e. The highest BCUT2D eigenvalue weighted by Gasteiger charge is 2.09. The molecule has 2 aromatic rings. The van der Waals surface area contributed by atoms with E-state index in [1.54, 1.807) is 22.7 Å². The zero-order chi connectivity index (χ0) is 10.1. The summed E-state index contributed by atoms with van der Waals surface area (Å²) in [5.74, 6) is 0. The molecule has 2 rings (SSSR count). The molecule has 72 valence electrons. The molecule has 0 aromatic carbocycles. The van der Waals surface area contributed by atoms with E-state index in [2.05, 4.69) is 16.5 Å². The van der Waals surface area contributed by atoms with Gasteiger partial charge in [0.2, 0.25) is 0 Å². The topological polar surface area (TPSA) is 25.8 Å². The van der Waals surface area contributed by atoms with Crippen LogP contribution in [0.25, 0.3) is 16.1 Å². The highest BCUT2D eigenvalue weighted by atomic mass is 32.1. The third kappa shape index (κ3) is 1.63. The number of rotatable bonds is 2. The van der Waals surface area contributed by atoms with Crippen LogP contribution < -0.4 is 0 Å². The minimum atomic E-state index is 0.996. The molecule has 0 atom stereocenters. The van der Waals surface area contributed by atoms with Gasteiger partial charge in [-0.05, 0) is 13.8 Å². The highest BCUT2D eigenvalue weighted by Crippen LogP contribution is 2.30. The Bertz CT molecular complexity index is 468. The van der Waals surface area contributed by atoms with E-state index in [4.69, 9.17) is 0 Å². The van der Waals surface area contributed by atoms with Crippen LogP contribution >= 0.6 is 22.7 Å². The van der Waals surface area contributed by atoms with Gasteiger partial charge in [0.1, 0.15) is 0 Å². The van der Waals surface area contributed by atoms with Crippen LogP contribution in [0.4, 0.5) is 0 Å². The van der Waals surface area contributed by atoms with Crippen molar-refractivity contribution in [2.75, 3.05) is 0 Å². The Morgan fingerprint density at radius 2 is 2.07 bits per heavy atom. The van der Waals surface area contributed by atoms with Crippen LogP contribution in [0.3, 0.4) is 0 Å². The molecular formula is C10H10N2S2. The number of hydrogen-bond acceptors (Lipinski definition) is 4. The van der Waals surface area contributed by atoms with Crippen LogP contribution in [-0.4, -0.2) is 9.97 Å². The Hall–Kier alpha value is -1.00. The van der Waals surface area contributed by atoms with Gasteiger partial charge in [0, 0.05) is 16.0 Å². The van der Waals surface area contributed by atoms with E-state index in [1.807, 2.05) is 25.3 Å². The summed E-state index contributed by atoms with van der Waals surface area (Å²) in [5, 5.41) is 4.04. The zero-order valence-corrected chi connectivity index (χ0v) is 9.71. The molecule has 0 saturated carbocycles. The summed E-state index contributed by atoms with van der Waals surface area (Å²) in [6.45, 7) is 7.75. The van der Waals surface area contributed by atoms with Gasteiger partial charge >= 0.3 is 0 Å². The Kier molecular flexibility index (Phi) is 2.48. The summed E-state index contributed by atoms with van der Waals surface area (Å²) < 4.78 is 0. The molecule has 0 N–H and O–H groups in total. The van der Waals surface area contributed by atoms with Gasteiger partial charge in [-0.2, -0.15) is 0 Å². The van der Waals surface area contributed by atoms with Crippen molar-refractivity contribution in [3.05, 3.63) is 28.2 Å². The van der Waals surface area contributed by atoms with Crippen LogP contribution in [0, 0.1) is 13.8 Å². The van der Waals surface area contributed by atoms with Crippen LogP contribution in [0.1, 0.15) is 16.3 Å². The van der Waals surface area contributed by atoms with E-state index in [1.165, 1.54) is 0 Å². The standard InChI is InChI=1S/C10H10N2S2/c1-4-8-7(3)12-10(14-8)9-11-6(2)5-13-9/h4-5H,1H2,2-3H3. The molecule has 2 aromatic heterocycles. The average Bonchev–Trinajstić information content (AvgIpc) is 2.71. The quantitative estimate of drug-likeness (QED) is 0.777. The molecule has 0 saturated heterocycles. The molecule has 4 heteroatoms. The van der Waals surface area contributed by atoms with Crippen LogP contribution in [0.5, 0.6) is 0 Å². The van der Waals surface area contributed by atoms with Crippen molar-refractivity contribution in [3.63, 3.8) is 0 Å². The Labute approximate surface area is 91.0 Å². The molecule has 0 fully saturated rings. The molecule has 2 heterocycles. The largest absolute Gasteiger partial charge is 0.239 e. The predicted octanol–water partition coefficient (Wildman–Crippen LogP) is 3.53. The molecular weight excluding hydrogens is 212 g/mol. The number of thiazole rings is 2. The fourth-order valence-corrected chi connectivity index (χ4v) is 2.89. The van der Waals surface area contributed by atoms with E-state index in [0.717, 1.165) is 26.3 Å². The molecule has 2 nitrogen and oxygen atoms in total. The maximum atomic E-state index is 4.46. The monoisotopic (exact) mass is 222 g/mol. The van der Waals surface area contributed by atoms with Gasteiger partial charge in [0.25, 0.3) is 0 Å². The zero-order valence-electron chi connectivity index (χ0n) is 8.07. The molecule has 0 spiro atoms. The third-order valence-electron chi connectivity index (χ3n) is 1.82. The fraction of sp³-hybridized carbons (Fsp3) is 0.200. The lowest BCUT2D eigenvalue weighted by Crippen LogP contribution is -1.76. The number of hydrogen-bond donors (Lipinski definition) is 0. The van der Waals surface area contributed by atoms with Crippen LogP contribution in [0.15, 0.2) is 12.0 Å². The first-order valence-corrected chi connectivity index (χ1v) is 5.92. The second-order valence-electron chi connectivity index (χ2n) is 2.97.